The van der Waals surface area contributed by atoms with Gasteiger partial charge in [-0.05, 0) is 24.6 Å². The third-order valence-corrected chi connectivity index (χ3v) is 4.90. The number of nitro groups is 1. The number of hydrogen-bond acceptors (Lipinski definition) is 7. The van der Waals surface area contributed by atoms with Crippen molar-refractivity contribution in [1.29, 1.82) is 0 Å². The van der Waals surface area contributed by atoms with Crippen LogP contribution in [0.3, 0.4) is 0 Å². The van der Waals surface area contributed by atoms with Gasteiger partial charge in [-0.15, -0.1) is 11.3 Å². The van der Waals surface area contributed by atoms with Crippen molar-refractivity contribution in [3.63, 3.8) is 0 Å². The van der Waals surface area contributed by atoms with E-state index in [1.807, 2.05) is 0 Å². The Kier molecular flexibility index (Phi) is 4.34. The van der Waals surface area contributed by atoms with Gasteiger partial charge < -0.3 is 20.8 Å². The predicted octanol–water partition coefficient (Wildman–Crippen LogP) is 2.65. The number of nitrogens with zero attached hydrogens (tertiary/aromatic N) is 1. The molecule has 10 heteroatoms. The molecule has 0 aliphatic heterocycles. The molecule has 0 aliphatic carbocycles. The minimum atomic E-state index is -0.617. The second-order valence-electron chi connectivity index (χ2n) is 5.46. The number of rotatable bonds is 4. The predicted molar refractivity (Wildman–Crippen MR) is 99.2 cm³/mol. The zero-order chi connectivity index (χ0) is 19.0. The van der Waals surface area contributed by atoms with E-state index in [4.69, 9.17) is 10.5 Å². The molecule has 0 unspecified atom stereocenters. The zero-order valence-electron chi connectivity index (χ0n) is 13.8. The highest BCUT2D eigenvalue weighted by Gasteiger charge is 2.22. The standard InChI is InChI=1S/C16H14N4O5S/c1-7-5-11(21)19-16-12(7)13(17)14(26-16)15(22)18-9-4-3-8(25-2)6-10(9)20(23)24/h3-6H,17H2,1-2H3,(H,18,22)(H,19,21). The molecule has 0 bridgehead atoms. The highest BCUT2D eigenvalue weighted by atomic mass is 32.1. The summed E-state index contributed by atoms with van der Waals surface area (Å²) in [6, 6.07) is 5.48. The number of ether oxygens (including phenoxy) is 1. The fourth-order valence-electron chi connectivity index (χ4n) is 2.58. The molecule has 3 rings (SSSR count). The Bertz CT molecular complexity index is 1100. The molecule has 0 saturated carbocycles. The number of nitro benzene ring substituents is 1. The first-order chi connectivity index (χ1) is 12.3. The van der Waals surface area contributed by atoms with Gasteiger partial charge in [-0.25, -0.2) is 0 Å². The molecule has 0 atom stereocenters. The molecule has 1 amide bonds. The smallest absolute Gasteiger partial charge is 0.296 e. The van der Waals surface area contributed by atoms with Crippen LogP contribution in [0.2, 0.25) is 0 Å². The number of aromatic nitrogens is 1. The maximum absolute atomic E-state index is 12.6. The third-order valence-electron chi connectivity index (χ3n) is 3.78. The first kappa shape index (κ1) is 17.4. The number of thiophene rings is 1. The lowest BCUT2D eigenvalue weighted by molar-refractivity contribution is -0.384. The van der Waals surface area contributed by atoms with Crippen LogP contribution >= 0.6 is 11.3 Å². The molecule has 0 radical (unpaired) electrons. The van der Waals surface area contributed by atoms with Crippen LogP contribution in [0.1, 0.15) is 15.2 Å². The van der Waals surface area contributed by atoms with Crippen LogP contribution in [-0.2, 0) is 0 Å². The minimum Gasteiger partial charge on any atom is -0.496 e. The van der Waals surface area contributed by atoms with Crippen LogP contribution < -0.4 is 21.3 Å². The molecule has 4 N–H and O–H groups in total. The van der Waals surface area contributed by atoms with Gasteiger partial charge in [-0.3, -0.25) is 19.7 Å². The lowest BCUT2D eigenvalue weighted by atomic mass is 10.1. The molecule has 3 aromatic rings. The Balaban J connectivity index is 2.03. The number of nitrogens with two attached hydrogens (primary N) is 1. The summed E-state index contributed by atoms with van der Waals surface area (Å²) < 4.78 is 4.96. The highest BCUT2D eigenvalue weighted by molar-refractivity contribution is 7.21. The number of aromatic amines is 1. The van der Waals surface area contributed by atoms with E-state index in [0.717, 1.165) is 11.3 Å². The number of aryl methyl sites for hydroxylation is 1. The Morgan fingerprint density at radius 1 is 1.38 bits per heavy atom. The van der Waals surface area contributed by atoms with Crippen molar-refractivity contribution in [3.8, 4) is 5.75 Å². The van der Waals surface area contributed by atoms with Crippen LogP contribution in [0.15, 0.2) is 29.1 Å². The molecule has 0 aliphatic rings. The van der Waals surface area contributed by atoms with Crippen LogP contribution in [0.4, 0.5) is 17.1 Å². The maximum Gasteiger partial charge on any atom is 0.296 e. The minimum absolute atomic E-state index is 0.0165. The molecule has 1 aromatic carbocycles. The van der Waals surface area contributed by atoms with E-state index in [1.165, 1.54) is 31.4 Å². The summed E-state index contributed by atoms with van der Waals surface area (Å²) in [5.41, 5.74) is 6.34. The summed E-state index contributed by atoms with van der Waals surface area (Å²) in [5.74, 6) is -0.304. The van der Waals surface area contributed by atoms with Crippen LogP contribution in [-0.4, -0.2) is 22.9 Å². The number of nitrogen functional groups attached to an aromatic ring is 1. The van der Waals surface area contributed by atoms with E-state index in [9.17, 15) is 19.7 Å². The first-order valence-corrected chi connectivity index (χ1v) is 8.19. The van der Waals surface area contributed by atoms with Crippen molar-refractivity contribution >= 4 is 44.5 Å². The van der Waals surface area contributed by atoms with Gasteiger partial charge in [0.25, 0.3) is 11.6 Å². The Hall–Kier alpha value is -3.40. The van der Waals surface area contributed by atoms with Crippen molar-refractivity contribution < 1.29 is 14.5 Å². The Labute approximate surface area is 150 Å². The van der Waals surface area contributed by atoms with E-state index >= 15 is 0 Å². The SMILES string of the molecule is COc1ccc(NC(=O)c2sc3[nH]c(=O)cc(C)c3c2N)c([N+](=O)[O-])c1. The molecule has 0 fully saturated rings. The fourth-order valence-corrected chi connectivity index (χ4v) is 3.67. The molecule has 134 valence electrons. The van der Waals surface area contributed by atoms with Crippen LogP contribution in [0.5, 0.6) is 5.75 Å². The number of pyridine rings is 1. The van der Waals surface area contributed by atoms with Crippen molar-refractivity contribution in [2.45, 2.75) is 6.92 Å². The number of benzene rings is 1. The summed E-state index contributed by atoms with van der Waals surface area (Å²) in [6.07, 6.45) is 0. The van der Waals surface area contributed by atoms with E-state index in [2.05, 4.69) is 10.3 Å². The molecule has 0 spiro atoms. The number of methoxy groups -OCH3 is 1. The summed E-state index contributed by atoms with van der Waals surface area (Å²) >= 11 is 1.01. The molecule has 26 heavy (non-hydrogen) atoms. The lowest BCUT2D eigenvalue weighted by Gasteiger charge is -2.07. The Morgan fingerprint density at radius 2 is 2.12 bits per heavy atom. The summed E-state index contributed by atoms with van der Waals surface area (Å²) in [4.78, 5) is 38.1. The van der Waals surface area contributed by atoms with E-state index in [1.54, 1.807) is 6.92 Å². The quantitative estimate of drug-likeness (QED) is 0.474. The van der Waals surface area contributed by atoms with E-state index < -0.39 is 10.8 Å². The monoisotopic (exact) mass is 374 g/mol. The number of carbonyl (C=O) groups excluding carboxylic acids is 1. The average molecular weight is 374 g/mol. The molecular weight excluding hydrogens is 360 g/mol. The molecule has 2 aromatic heterocycles. The normalized spacial score (nSPS) is 10.7. The van der Waals surface area contributed by atoms with Crippen molar-refractivity contribution in [2.75, 3.05) is 18.2 Å². The molecule has 2 heterocycles. The second kappa shape index (κ2) is 6.48. The summed E-state index contributed by atoms with van der Waals surface area (Å²) in [7, 11) is 1.39. The largest absolute Gasteiger partial charge is 0.496 e. The second-order valence-corrected chi connectivity index (χ2v) is 6.48. The maximum atomic E-state index is 12.6. The van der Waals surface area contributed by atoms with E-state index in [-0.39, 0.29) is 27.5 Å². The average Bonchev–Trinajstić information content (AvgIpc) is 2.91. The van der Waals surface area contributed by atoms with Gasteiger partial charge in [-0.2, -0.15) is 0 Å². The number of anilines is 2. The summed E-state index contributed by atoms with van der Waals surface area (Å²) in [6.45, 7) is 1.72. The van der Waals surface area contributed by atoms with Crippen molar-refractivity contribution in [1.82, 2.24) is 4.98 Å². The summed E-state index contributed by atoms with van der Waals surface area (Å²) in [5, 5.41) is 14.3. The zero-order valence-corrected chi connectivity index (χ0v) is 14.6. The number of carbonyl (C=O) groups is 1. The van der Waals surface area contributed by atoms with Crippen LogP contribution in [0, 0.1) is 17.0 Å². The topological polar surface area (TPSA) is 140 Å². The fraction of sp³-hybridized carbons (Fsp3) is 0.125. The number of hydrogen-bond donors (Lipinski definition) is 3. The van der Waals surface area contributed by atoms with Gasteiger partial charge in [0.05, 0.1) is 23.8 Å². The molecule has 0 saturated heterocycles. The Morgan fingerprint density at radius 3 is 2.77 bits per heavy atom. The van der Waals surface area contributed by atoms with Crippen molar-refractivity contribution in [3.05, 3.63) is 55.2 Å². The lowest BCUT2D eigenvalue weighted by Crippen LogP contribution is -2.13. The van der Waals surface area contributed by atoms with Crippen LogP contribution in [0.25, 0.3) is 10.2 Å². The number of H-pyrrole nitrogens is 1. The van der Waals surface area contributed by atoms with Gasteiger partial charge >= 0.3 is 0 Å². The van der Waals surface area contributed by atoms with Gasteiger partial charge in [0.2, 0.25) is 5.56 Å². The van der Waals surface area contributed by atoms with Crippen molar-refractivity contribution in [2.24, 2.45) is 0 Å². The first-order valence-electron chi connectivity index (χ1n) is 7.37. The number of amides is 1. The number of nitrogens with one attached hydrogen (secondary N) is 2. The highest BCUT2D eigenvalue weighted by Crippen LogP contribution is 2.35. The third kappa shape index (κ3) is 2.97. The van der Waals surface area contributed by atoms with Gasteiger partial charge in [0.15, 0.2) is 0 Å². The van der Waals surface area contributed by atoms with Gasteiger partial charge in [0.1, 0.15) is 21.1 Å². The molecule has 9 nitrogen and oxygen atoms in total. The van der Waals surface area contributed by atoms with Gasteiger partial charge in [-0.1, -0.05) is 0 Å². The van der Waals surface area contributed by atoms with E-state index in [0.29, 0.717) is 21.5 Å². The molecular formula is C16H14N4O5S. The van der Waals surface area contributed by atoms with Gasteiger partial charge in [0, 0.05) is 11.5 Å². The number of fused-ring (bicyclic) bond motifs is 1.